The van der Waals surface area contributed by atoms with Gasteiger partial charge in [-0.25, -0.2) is 4.39 Å². The van der Waals surface area contributed by atoms with Crippen LogP contribution in [-0.4, -0.2) is 38.0 Å². The Kier molecular flexibility index (Phi) is 5.09. The van der Waals surface area contributed by atoms with E-state index in [2.05, 4.69) is 0 Å². The van der Waals surface area contributed by atoms with Gasteiger partial charge in [0.05, 0.1) is 6.54 Å². The Hall–Kier alpha value is -1.62. The summed E-state index contributed by atoms with van der Waals surface area (Å²) in [6.45, 7) is 2.98. The van der Waals surface area contributed by atoms with Crippen molar-refractivity contribution >= 4 is 11.6 Å². The number of halogens is 1. The van der Waals surface area contributed by atoms with Crippen LogP contribution in [0.3, 0.4) is 0 Å². The maximum atomic E-state index is 13.6. The molecule has 0 aromatic heterocycles. The lowest BCUT2D eigenvalue weighted by atomic mass is 10.2. The molecular weight excluding hydrogens is 233 g/mol. The van der Waals surface area contributed by atoms with E-state index >= 15 is 0 Å². The van der Waals surface area contributed by atoms with Crippen LogP contribution in [0.25, 0.3) is 0 Å². The van der Waals surface area contributed by atoms with E-state index in [0.717, 1.165) is 0 Å². The van der Waals surface area contributed by atoms with E-state index in [1.165, 1.54) is 11.0 Å². The highest BCUT2D eigenvalue weighted by molar-refractivity contribution is 5.81. The van der Waals surface area contributed by atoms with E-state index in [9.17, 15) is 9.18 Å². The molecule has 0 spiro atoms. The Balaban J connectivity index is 2.88. The second-order valence-electron chi connectivity index (χ2n) is 4.28. The third kappa shape index (κ3) is 3.43. The Morgan fingerprint density at radius 2 is 2.06 bits per heavy atom. The van der Waals surface area contributed by atoms with Crippen LogP contribution in [0, 0.1) is 5.82 Å². The van der Waals surface area contributed by atoms with E-state index in [-0.39, 0.29) is 24.8 Å². The van der Waals surface area contributed by atoms with Crippen molar-refractivity contribution in [2.75, 3.05) is 32.1 Å². The summed E-state index contributed by atoms with van der Waals surface area (Å²) in [5.41, 5.74) is 6.59. The topological polar surface area (TPSA) is 49.6 Å². The summed E-state index contributed by atoms with van der Waals surface area (Å²) in [4.78, 5) is 15.0. The van der Waals surface area contributed by atoms with Gasteiger partial charge in [0.15, 0.2) is 0 Å². The van der Waals surface area contributed by atoms with Gasteiger partial charge in [-0.3, -0.25) is 4.79 Å². The maximum absolute atomic E-state index is 13.6. The van der Waals surface area contributed by atoms with E-state index < -0.39 is 0 Å². The zero-order valence-corrected chi connectivity index (χ0v) is 11.1. The van der Waals surface area contributed by atoms with Crippen LogP contribution in [0.4, 0.5) is 10.1 Å². The third-order valence-electron chi connectivity index (χ3n) is 2.83. The first-order chi connectivity index (χ1) is 8.49. The minimum absolute atomic E-state index is 0.0137. The van der Waals surface area contributed by atoms with Crippen LogP contribution in [0.2, 0.25) is 0 Å². The van der Waals surface area contributed by atoms with Gasteiger partial charge in [0.25, 0.3) is 0 Å². The molecule has 0 saturated carbocycles. The molecule has 0 atom stereocenters. The molecule has 0 radical (unpaired) electrons. The number of nitrogens with zero attached hydrogens (tertiary/aromatic N) is 2. The van der Waals surface area contributed by atoms with Crippen molar-refractivity contribution in [1.29, 1.82) is 0 Å². The smallest absolute Gasteiger partial charge is 0.241 e. The van der Waals surface area contributed by atoms with Gasteiger partial charge in [-0.1, -0.05) is 6.07 Å². The number of benzene rings is 1. The number of rotatable bonds is 5. The van der Waals surface area contributed by atoms with Crippen molar-refractivity contribution in [2.45, 2.75) is 13.5 Å². The molecule has 100 valence electrons. The molecule has 1 aromatic carbocycles. The molecule has 2 N–H and O–H groups in total. The molecule has 1 rings (SSSR count). The Bertz CT molecular complexity index is 421. The highest BCUT2D eigenvalue weighted by atomic mass is 19.1. The van der Waals surface area contributed by atoms with Gasteiger partial charge in [-0.05, 0) is 19.1 Å². The standard InChI is InChI=1S/C13H20FN3O/c1-4-17(9-13(18)16(2)3)11-6-5-10(8-15)12(14)7-11/h5-7H,4,8-9,15H2,1-3H3. The minimum Gasteiger partial charge on any atom is -0.362 e. The van der Waals surface area contributed by atoms with Crippen LogP contribution in [0.1, 0.15) is 12.5 Å². The molecule has 4 nitrogen and oxygen atoms in total. The van der Waals surface area contributed by atoms with Gasteiger partial charge in [-0.2, -0.15) is 0 Å². The van der Waals surface area contributed by atoms with Gasteiger partial charge >= 0.3 is 0 Å². The summed E-state index contributed by atoms with van der Waals surface area (Å²) in [6, 6.07) is 4.87. The Labute approximate surface area is 107 Å². The largest absolute Gasteiger partial charge is 0.362 e. The second-order valence-corrected chi connectivity index (χ2v) is 4.28. The van der Waals surface area contributed by atoms with E-state index in [4.69, 9.17) is 5.73 Å². The van der Waals surface area contributed by atoms with E-state index in [1.54, 1.807) is 26.2 Å². The fraction of sp³-hybridized carbons (Fsp3) is 0.462. The van der Waals surface area contributed by atoms with Crippen molar-refractivity contribution in [1.82, 2.24) is 4.90 Å². The lowest BCUT2D eigenvalue weighted by Gasteiger charge is -2.24. The van der Waals surface area contributed by atoms with Gasteiger partial charge < -0.3 is 15.5 Å². The summed E-state index contributed by atoms with van der Waals surface area (Å²) < 4.78 is 13.6. The number of hydrogen-bond donors (Lipinski definition) is 1. The maximum Gasteiger partial charge on any atom is 0.241 e. The lowest BCUT2D eigenvalue weighted by molar-refractivity contribution is -0.127. The van der Waals surface area contributed by atoms with Crippen LogP contribution in [0.5, 0.6) is 0 Å². The van der Waals surface area contributed by atoms with Crippen molar-refractivity contribution < 1.29 is 9.18 Å². The summed E-state index contributed by atoms with van der Waals surface area (Å²) in [6.07, 6.45) is 0. The molecule has 0 aliphatic carbocycles. The number of carbonyl (C=O) groups excluding carboxylic acids is 1. The Morgan fingerprint density at radius 3 is 2.50 bits per heavy atom. The van der Waals surface area contributed by atoms with Gasteiger partial charge in [0.1, 0.15) is 5.82 Å². The molecule has 18 heavy (non-hydrogen) atoms. The summed E-state index contributed by atoms with van der Waals surface area (Å²) >= 11 is 0. The number of carbonyl (C=O) groups is 1. The van der Waals surface area contributed by atoms with Crippen LogP contribution in [-0.2, 0) is 11.3 Å². The molecule has 0 aliphatic heterocycles. The molecule has 0 bridgehead atoms. The van der Waals surface area contributed by atoms with Crippen LogP contribution < -0.4 is 10.6 Å². The van der Waals surface area contributed by atoms with Gasteiger partial charge in [-0.15, -0.1) is 0 Å². The monoisotopic (exact) mass is 253 g/mol. The lowest BCUT2D eigenvalue weighted by Crippen LogP contribution is -2.36. The number of anilines is 1. The number of hydrogen-bond acceptors (Lipinski definition) is 3. The molecule has 5 heteroatoms. The fourth-order valence-electron chi connectivity index (χ4n) is 1.59. The second kappa shape index (κ2) is 6.35. The highest BCUT2D eigenvalue weighted by Gasteiger charge is 2.13. The fourth-order valence-corrected chi connectivity index (χ4v) is 1.59. The molecular formula is C13H20FN3O. The zero-order chi connectivity index (χ0) is 13.7. The average Bonchev–Trinajstić information content (AvgIpc) is 2.35. The minimum atomic E-state index is -0.328. The zero-order valence-electron chi connectivity index (χ0n) is 11.1. The van der Waals surface area contributed by atoms with Crippen molar-refractivity contribution in [3.63, 3.8) is 0 Å². The SMILES string of the molecule is CCN(CC(=O)N(C)C)c1ccc(CN)c(F)c1. The molecule has 1 aromatic rings. The molecule has 1 amide bonds. The van der Waals surface area contributed by atoms with Gasteiger partial charge in [0.2, 0.25) is 5.91 Å². The summed E-state index contributed by atoms with van der Waals surface area (Å²) in [5.74, 6) is -0.342. The van der Waals surface area contributed by atoms with Crippen molar-refractivity contribution in [3.05, 3.63) is 29.6 Å². The average molecular weight is 253 g/mol. The molecule has 0 fully saturated rings. The predicted molar refractivity (Wildman–Crippen MR) is 70.9 cm³/mol. The first kappa shape index (κ1) is 14.4. The summed E-state index contributed by atoms with van der Waals surface area (Å²) in [5, 5.41) is 0. The molecule has 0 saturated heterocycles. The van der Waals surface area contributed by atoms with E-state index in [0.29, 0.717) is 17.8 Å². The third-order valence-corrected chi connectivity index (χ3v) is 2.83. The normalized spacial score (nSPS) is 10.3. The summed E-state index contributed by atoms with van der Waals surface area (Å²) in [7, 11) is 3.41. The first-order valence-corrected chi connectivity index (χ1v) is 5.93. The first-order valence-electron chi connectivity index (χ1n) is 5.93. The number of likely N-dealkylation sites (N-methyl/N-ethyl adjacent to an activating group) is 2. The van der Waals surface area contributed by atoms with Gasteiger partial charge in [0, 0.05) is 38.4 Å². The number of amides is 1. The molecule has 0 aliphatic rings. The predicted octanol–water partition coefficient (Wildman–Crippen LogP) is 1.20. The highest BCUT2D eigenvalue weighted by Crippen LogP contribution is 2.18. The number of nitrogens with two attached hydrogens (primary N) is 1. The molecule has 0 unspecified atom stereocenters. The van der Waals surface area contributed by atoms with Crippen LogP contribution in [0.15, 0.2) is 18.2 Å². The Morgan fingerprint density at radius 1 is 1.39 bits per heavy atom. The van der Waals surface area contributed by atoms with Crippen LogP contribution >= 0.6 is 0 Å². The van der Waals surface area contributed by atoms with E-state index in [1.807, 2.05) is 11.8 Å². The quantitative estimate of drug-likeness (QED) is 0.858. The van der Waals surface area contributed by atoms with Crippen molar-refractivity contribution in [3.8, 4) is 0 Å². The molecule has 0 heterocycles. The van der Waals surface area contributed by atoms with Crippen molar-refractivity contribution in [2.24, 2.45) is 5.73 Å².